The molecule has 25 heavy (non-hydrogen) atoms. The number of amides is 1. The Bertz CT molecular complexity index is 878. The minimum Gasteiger partial charge on any atom is -0.339 e. The molecule has 3 heterocycles. The molecule has 0 N–H and O–H groups in total. The molecule has 1 aromatic carbocycles. The molecule has 1 atom stereocenters. The van der Waals surface area contributed by atoms with Gasteiger partial charge in [0.25, 0.3) is 0 Å². The Kier molecular flexibility index (Phi) is 4.55. The van der Waals surface area contributed by atoms with Crippen molar-refractivity contribution in [2.45, 2.75) is 25.3 Å². The fourth-order valence-corrected chi connectivity index (χ4v) is 3.89. The third kappa shape index (κ3) is 3.60. The smallest absolute Gasteiger partial charge is 0.231 e. The zero-order valence-electron chi connectivity index (χ0n) is 13.4. The van der Waals surface area contributed by atoms with Crippen LogP contribution >= 0.6 is 22.9 Å². The van der Waals surface area contributed by atoms with Crippen LogP contribution in [-0.4, -0.2) is 27.5 Å². The summed E-state index contributed by atoms with van der Waals surface area (Å²) in [7, 11) is 0. The summed E-state index contributed by atoms with van der Waals surface area (Å²) in [6, 6.07) is 11.6. The Morgan fingerprint density at radius 2 is 2.16 bits per heavy atom. The van der Waals surface area contributed by atoms with Crippen LogP contribution in [0.5, 0.6) is 0 Å². The van der Waals surface area contributed by atoms with Gasteiger partial charge in [0.05, 0.1) is 6.42 Å². The van der Waals surface area contributed by atoms with Crippen LogP contribution in [0.15, 0.2) is 46.3 Å². The van der Waals surface area contributed by atoms with Crippen molar-refractivity contribution in [2.24, 2.45) is 0 Å². The van der Waals surface area contributed by atoms with Crippen molar-refractivity contribution in [1.82, 2.24) is 15.0 Å². The molecular formula is C18H16ClN3O2S. The van der Waals surface area contributed by atoms with E-state index in [-0.39, 0.29) is 11.8 Å². The fraction of sp³-hybridized carbons (Fsp3) is 0.278. The van der Waals surface area contributed by atoms with Crippen LogP contribution in [-0.2, 0) is 17.8 Å². The predicted molar refractivity (Wildman–Crippen MR) is 95.7 cm³/mol. The number of hydrogen-bond acceptors (Lipinski definition) is 5. The van der Waals surface area contributed by atoms with Gasteiger partial charge in [0, 0.05) is 35.3 Å². The summed E-state index contributed by atoms with van der Waals surface area (Å²) in [6.07, 6.45) is 1.04. The lowest BCUT2D eigenvalue weighted by Crippen LogP contribution is -2.24. The van der Waals surface area contributed by atoms with E-state index in [4.69, 9.17) is 16.1 Å². The maximum absolute atomic E-state index is 12.3. The number of thiophene rings is 1. The molecule has 1 amide bonds. The Balaban J connectivity index is 1.43. The molecule has 128 valence electrons. The van der Waals surface area contributed by atoms with Crippen LogP contribution < -0.4 is 0 Å². The second-order valence-corrected chi connectivity index (χ2v) is 7.51. The summed E-state index contributed by atoms with van der Waals surface area (Å²) >= 11 is 7.86. The molecule has 1 unspecified atom stereocenters. The van der Waals surface area contributed by atoms with Gasteiger partial charge in [0.2, 0.25) is 11.8 Å². The summed E-state index contributed by atoms with van der Waals surface area (Å²) < 4.78 is 5.35. The van der Waals surface area contributed by atoms with Crippen LogP contribution in [0.3, 0.4) is 0 Å². The summed E-state index contributed by atoms with van der Waals surface area (Å²) in [5, 5.41) is 6.79. The fourth-order valence-electron chi connectivity index (χ4n) is 3.00. The molecule has 1 aliphatic heterocycles. The van der Waals surface area contributed by atoms with E-state index in [1.54, 1.807) is 16.2 Å². The van der Waals surface area contributed by atoms with Crippen molar-refractivity contribution in [3.05, 3.63) is 69.0 Å². The first-order chi connectivity index (χ1) is 12.2. The number of aromatic nitrogens is 2. The predicted octanol–water partition coefficient (Wildman–Crippen LogP) is 3.89. The SMILES string of the molecule is O=C1CC(c2noc(Cc3cccs3)n2)CN1Cc1ccccc1Cl. The monoisotopic (exact) mass is 373 g/mol. The normalized spacial score (nSPS) is 17.4. The number of carbonyl (C=O) groups is 1. The van der Waals surface area contributed by atoms with Gasteiger partial charge in [-0.1, -0.05) is 41.0 Å². The van der Waals surface area contributed by atoms with Crippen LogP contribution in [0, 0.1) is 0 Å². The van der Waals surface area contributed by atoms with Gasteiger partial charge in [-0.25, -0.2) is 0 Å². The Labute approximate surface area is 154 Å². The highest BCUT2D eigenvalue weighted by atomic mass is 35.5. The van der Waals surface area contributed by atoms with Gasteiger partial charge >= 0.3 is 0 Å². The molecule has 0 aliphatic carbocycles. The number of hydrogen-bond donors (Lipinski definition) is 0. The summed E-state index contributed by atoms with van der Waals surface area (Å²) in [5.41, 5.74) is 0.949. The molecule has 0 saturated carbocycles. The second kappa shape index (κ2) is 6.98. The summed E-state index contributed by atoms with van der Waals surface area (Å²) in [6.45, 7) is 1.09. The van der Waals surface area contributed by atoms with Gasteiger partial charge in [-0.3, -0.25) is 4.79 Å². The molecule has 4 rings (SSSR count). The second-order valence-electron chi connectivity index (χ2n) is 6.07. The third-order valence-electron chi connectivity index (χ3n) is 4.29. The topological polar surface area (TPSA) is 59.2 Å². The molecule has 5 nitrogen and oxygen atoms in total. The van der Waals surface area contributed by atoms with E-state index in [1.807, 2.05) is 41.8 Å². The van der Waals surface area contributed by atoms with Crippen molar-refractivity contribution in [3.8, 4) is 0 Å². The lowest BCUT2D eigenvalue weighted by molar-refractivity contribution is -0.128. The molecule has 2 aromatic heterocycles. The number of halogens is 1. The summed E-state index contributed by atoms with van der Waals surface area (Å²) in [5.74, 6) is 1.27. The van der Waals surface area contributed by atoms with E-state index in [1.165, 1.54) is 4.88 Å². The average Bonchev–Trinajstić information content (AvgIpc) is 3.33. The Morgan fingerprint density at radius 1 is 1.28 bits per heavy atom. The molecule has 1 fully saturated rings. The van der Waals surface area contributed by atoms with Gasteiger partial charge in [-0.05, 0) is 23.1 Å². The van der Waals surface area contributed by atoms with Crippen LogP contribution in [0.25, 0.3) is 0 Å². The molecule has 0 spiro atoms. The number of benzene rings is 1. The minimum absolute atomic E-state index is 0.0316. The van der Waals surface area contributed by atoms with Crippen molar-refractivity contribution in [3.63, 3.8) is 0 Å². The van der Waals surface area contributed by atoms with Crippen molar-refractivity contribution >= 4 is 28.8 Å². The van der Waals surface area contributed by atoms with E-state index in [0.717, 1.165) is 5.56 Å². The molecule has 1 aliphatic rings. The molecular weight excluding hydrogens is 358 g/mol. The van der Waals surface area contributed by atoms with Crippen LogP contribution in [0.4, 0.5) is 0 Å². The zero-order valence-corrected chi connectivity index (χ0v) is 15.0. The molecule has 0 radical (unpaired) electrons. The Morgan fingerprint density at radius 3 is 2.96 bits per heavy atom. The maximum atomic E-state index is 12.3. The first-order valence-corrected chi connectivity index (χ1v) is 9.31. The van der Waals surface area contributed by atoms with Crippen molar-refractivity contribution in [2.75, 3.05) is 6.54 Å². The van der Waals surface area contributed by atoms with E-state index < -0.39 is 0 Å². The number of likely N-dealkylation sites (tertiary alicyclic amines) is 1. The highest BCUT2D eigenvalue weighted by Crippen LogP contribution is 2.29. The number of carbonyl (C=O) groups excluding carboxylic acids is 1. The lowest BCUT2D eigenvalue weighted by atomic mass is 10.1. The zero-order chi connectivity index (χ0) is 17.2. The van der Waals surface area contributed by atoms with E-state index in [0.29, 0.717) is 42.7 Å². The average molecular weight is 374 g/mol. The molecule has 3 aromatic rings. The third-order valence-corrected chi connectivity index (χ3v) is 5.53. The van der Waals surface area contributed by atoms with Crippen molar-refractivity contribution in [1.29, 1.82) is 0 Å². The molecule has 0 bridgehead atoms. The quantitative estimate of drug-likeness (QED) is 0.680. The number of nitrogens with zero attached hydrogens (tertiary/aromatic N) is 3. The van der Waals surface area contributed by atoms with E-state index >= 15 is 0 Å². The number of rotatable bonds is 5. The van der Waals surface area contributed by atoms with E-state index in [9.17, 15) is 4.79 Å². The van der Waals surface area contributed by atoms with Gasteiger partial charge in [0.1, 0.15) is 0 Å². The highest BCUT2D eigenvalue weighted by Gasteiger charge is 2.33. The van der Waals surface area contributed by atoms with Gasteiger partial charge in [-0.15, -0.1) is 11.3 Å². The minimum atomic E-state index is -0.0316. The van der Waals surface area contributed by atoms with Crippen LogP contribution in [0.2, 0.25) is 5.02 Å². The highest BCUT2D eigenvalue weighted by molar-refractivity contribution is 7.09. The largest absolute Gasteiger partial charge is 0.339 e. The first kappa shape index (κ1) is 16.3. The first-order valence-electron chi connectivity index (χ1n) is 8.05. The Hall–Kier alpha value is -2.18. The standard InChI is InChI=1S/C18H16ClN3O2S/c19-15-6-2-1-4-12(15)10-22-11-13(8-17(22)23)18-20-16(24-21-18)9-14-5-3-7-25-14/h1-7,13H,8-11H2. The maximum Gasteiger partial charge on any atom is 0.231 e. The molecule has 7 heteroatoms. The van der Waals surface area contributed by atoms with Gasteiger partial charge in [0.15, 0.2) is 5.82 Å². The lowest BCUT2D eigenvalue weighted by Gasteiger charge is -2.16. The summed E-state index contributed by atoms with van der Waals surface area (Å²) in [4.78, 5) is 19.8. The van der Waals surface area contributed by atoms with E-state index in [2.05, 4.69) is 10.1 Å². The molecule has 1 saturated heterocycles. The van der Waals surface area contributed by atoms with Crippen molar-refractivity contribution < 1.29 is 9.32 Å². The van der Waals surface area contributed by atoms with Gasteiger partial charge in [-0.2, -0.15) is 4.98 Å². The van der Waals surface area contributed by atoms with Crippen LogP contribution in [0.1, 0.15) is 34.5 Å². The van der Waals surface area contributed by atoms with Gasteiger partial charge < -0.3 is 9.42 Å².